The van der Waals surface area contributed by atoms with E-state index >= 15 is 0 Å². The van der Waals surface area contributed by atoms with Gasteiger partial charge in [0, 0.05) is 0 Å². The number of benzene rings is 2. The molecule has 1 N–H and O–H groups in total. The van der Waals surface area contributed by atoms with Crippen LogP contribution in [0.5, 0.6) is 0 Å². The van der Waals surface area contributed by atoms with Crippen molar-refractivity contribution in [1.29, 1.82) is 0 Å². The standard InChI is InChI=1S/C20H25N/c1-4-10-17(11-5-1)16-21-20(18-12-6-2-7-13-18)19-14-8-3-9-15-19/h2-3,6-9,12-15,17,20-21H,1,4-5,10-11,16H2. The molecule has 2 aromatic carbocycles. The maximum atomic E-state index is 3.82. The minimum atomic E-state index is 0.314. The van der Waals surface area contributed by atoms with Crippen molar-refractivity contribution < 1.29 is 0 Å². The molecular formula is C20H25N. The van der Waals surface area contributed by atoms with Gasteiger partial charge in [-0.3, -0.25) is 0 Å². The fourth-order valence-electron chi connectivity index (χ4n) is 3.39. The molecule has 1 saturated carbocycles. The Labute approximate surface area is 128 Å². The largest absolute Gasteiger partial charge is 0.306 e. The first kappa shape index (κ1) is 14.3. The van der Waals surface area contributed by atoms with E-state index in [0.29, 0.717) is 6.04 Å². The third-order valence-corrected chi connectivity index (χ3v) is 4.60. The SMILES string of the molecule is c1ccc(C(NCC2CCCCC2)c2ccccc2)cc1. The zero-order valence-electron chi connectivity index (χ0n) is 12.7. The van der Waals surface area contributed by atoms with Crippen LogP contribution < -0.4 is 5.32 Å². The molecule has 0 atom stereocenters. The predicted octanol–water partition coefficient (Wildman–Crippen LogP) is 4.95. The van der Waals surface area contributed by atoms with E-state index in [1.165, 1.54) is 43.2 Å². The summed E-state index contributed by atoms with van der Waals surface area (Å²) >= 11 is 0. The highest BCUT2D eigenvalue weighted by Crippen LogP contribution is 2.26. The minimum Gasteiger partial charge on any atom is -0.306 e. The highest BCUT2D eigenvalue weighted by atomic mass is 14.9. The first-order valence-corrected chi connectivity index (χ1v) is 8.27. The van der Waals surface area contributed by atoms with Crippen LogP contribution in [-0.2, 0) is 0 Å². The molecule has 0 aromatic heterocycles. The fraction of sp³-hybridized carbons (Fsp3) is 0.400. The zero-order valence-corrected chi connectivity index (χ0v) is 12.7. The molecule has 3 rings (SSSR count). The maximum absolute atomic E-state index is 3.82. The summed E-state index contributed by atoms with van der Waals surface area (Å²) in [7, 11) is 0. The number of rotatable bonds is 5. The molecule has 1 aliphatic carbocycles. The summed E-state index contributed by atoms with van der Waals surface area (Å²) in [5.41, 5.74) is 2.72. The van der Waals surface area contributed by atoms with Crippen LogP contribution in [0.15, 0.2) is 60.7 Å². The smallest absolute Gasteiger partial charge is 0.0576 e. The lowest BCUT2D eigenvalue weighted by molar-refractivity contribution is 0.335. The van der Waals surface area contributed by atoms with Crippen LogP contribution in [0.1, 0.15) is 49.3 Å². The first-order chi connectivity index (χ1) is 10.4. The van der Waals surface area contributed by atoms with Crippen molar-refractivity contribution in [2.24, 2.45) is 5.92 Å². The summed E-state index contributed by atoms with van der Waals surface area (Å²) in [6.07, 6.45) is 7.03. The van der Waals surface area contributed by atoms with E-state index in [4.69, 9.17) is 0 Å². The van der Waals surface area contributed by atoms with E-state index in [2.05, 4.69) is 66.0 Å². The van der Waals surface area contributed by atoms with Gasteiger partial charge < -0.3 is 5.32 Å². The molecule has 1 fully saturated rings. The van der Waals surface area contributed by atoms with Gasteiger partial charge in [0.25, 0.3) is 0 Å². The molecule has 0 amide bonds. The summed E-state index contributed by atoms with van der Waals surface area (Å²) < 4.78 is 0. The summed E-state index contributed by atoms with van der Waals surface area (Å²) in [6, 6.07) is 21.9. The lowest BCUT2D eigenvalue weighted by atomic mass is 9.88. The molecule has 0 unspecified atom stereocenters. The Morgan fingerprint density at radius 2 is 1.29 bits per heavy atom. The molecule has 0 saturated heterocycles. The fourth-order valence-corrected chi connectivity index (χ4v) is 3.39. The molecule has 2 aromatic rings. The average molecular weight is 279 g/mol. The Balaban J connectivity index is 1.73. The van der Waals surface area contributed by atoms with Gasteiger partial charge in [-0.1, -0.05) is 79.9 Å². The normalized spacial score (nSPS) is 16.2. The molecule has 110 valence electrons. The first-order valence-electron chi connectivity index (χ1n) is 8.27. The van der Waals surface area contributed by atoms with E-state index in [1.54, 1.807) is 0 Å². The van der Waals surface area contributed by atoms with Gasteiger partial charge in [-0.2, -0.15) is 0 Å². The molecule has 1 aliphatic rings. The highest BCUT2D eigenvalue weighted by molar-refractivity contribution is 5.31. The van der Waals surface area contributed by atoms with E-state index in [-0.39, 0.29) is 0 Å². The van der Waals surface area contributed by atoms with Crippen molar-refractivity contribution in [3.05, 3.63) is 71.8 Å². The van der Waals surface area contributed by atoms with E-state index in [1.807, 2.05) is 0 Å². The minimum absolute atomic E-state index is 0.314. The Kier molecular flexibility index (Phi) is 5.07. The second-order valence-corrected chi connectivity index (χ2v) is 6.17. The van der Waals surface area contributed by atoms with Crippen LogP contribution in [0.25, 0.3) is 0 Å². The molecule has 0 spiro atoms. The van der Waals surface area contributed by atoms with Crippen LogP contribution in [0.2, 0.25) is 0 Å². The third-order valence-electron chi connectivity index (χ3n) is 4.60. The lowest BCUT2D eigenvalue weighted by Gasteiger charge is -2.26. The number of hydrogen-bond donors (Lipinski definition) is 1. The monoisotopic (exact) mass is 279 g/mol. The summed E-state index contributed by atoms with van der Waals surface area (Å²) in [5.74, 6) is 0.855. The molecule has 0 aliphatic heterocycles. The molecule has 0 radical (unpaired) electrons. The van der Waals surface area contributed by atoms with Gasteiger partial charge in [-0.05, 0) is 36.4 Å². The number of nitrogens with one attached hydrogen (secondary N) is 1. The summed E-state index contributed by atoms with van der Waals surface area (Å²) in [6.45, 7) is 1.13. The van der Waals surface area contributed by atoms with Crippen molar-refractivity contribution >= 4 is 0 Å². The Hall–Kier alpha value is -1.60. The van der Waals surface area contributed by atoms with E-state index in [0.717, 1.165) is 12.5 Å². The van der Waals surface area contributed by atoms with Gasteiger partial charge in [0.2, 0.25) is 0 Å². The van der Waals surface area contributed by atoms with Crippen molar-refractivity contribution in [2.75, 3.05) is 6.54 Å². The van der Waals surface area contributed by atoms with Crippen LogP contribution in [0.4, 0.5) is 0 Å². The van der Waals surface area contributed by atoms with Gasteiger partial charge in [0.15, 0.2) is 0 Å². The van der Waals surface area contributed by atoms with Gasteiger partial charge >= 0.3 is 0 Å². The van der Waals surface area contributed by atoms with Crippen molar-refractivity contribution in [3.63, 3.8) is 0 Å². The van der Waals surface area contributed by atoms with Crippen LogP contribution in [0.3, 0.4) is 0 Å². The third kappa shape index (κ3) is 3.95. The topological polar surface area (TPSA) is 12.0 Å². The van der Waals surface area contributed by atoms with E-state index in [9.17, 15) is 0 Å². The van der Waals surface area contributed by atoms with Gasteiger partial charge in [0.1, 0.15) is 0 Å². The number of hydrogen-bond acceptors (Lipinski definition) is 1. The second-order valence-electron chi connectivity index (χ2n) is 6.17. The van der Waals surface area contributed by atoms with Crippen molar-refractivity contribution in [1.82, 2.24) is 5.32 Å². The lowest BCUT2D eigenvalue weighted by Crippen LogP contribution is -2.29. The van der Waals surface area contributed by atoms with Gasteiger partial charge in [-0.25, -0.2) is 0 Å². The molecule has 21 heavy (non-hydrogen) atoms. The van der Waals surface area contributed by atoms with Gasteiger partial charge in [-0.15, -0.1) is 0 Å². The van der Waals surface area contributed by atoms with Crippen LogP contribution >= 0.6 is 0 Å². The van der Waals surface area contributed by atoms with Crippen LogP contribution in [0, 0.1) is 5.92 Å². The Bertz CT molecular complexity index is 475. The molecule has 0 bridgehead atoms. The maximum Gasteiger partial charge on any atom is 0.0576 e. The summed E-state index contributed by atoms with van der Waals surface area (Å²) in [5, 5.41) is 3.82. The van der Waals surface area contributed by atoms with Crippen molar-refractivity contribution in [3.8, 4) is 0 Å². The average Bonchev–Trinajstić information content (AvgIpc) is 2.58. The zero-order chi connectivity index (χ0) is 14.3. The highest BCUT2D eigenvalue weighted by Gasteiger charge is 2.17. The summed E-state index contributed by atoms with van der Waals surface area (Å²) in [4.78, 5) is 0. The molecule has 1 nitrogen and oxygen atoms in total. The van der Waals surface area contributed by atoms with Crippen LogP contribution in [-0.4, -0.2) is 6.54 Å². The predicted molar refractivity (Wildman–Crippen MR) is 89.3 cm³/mol. The Morgan fingerprint density at radius 1 is 0.762 bits per heavy atom. The second kappa shape index (κ2) is 7.42. The molecule has 0 heterocycles. The van der Waals surface area contributed by atoms with Gasteiger partial charge in [0.05, 0.1) is 6.04 Å². The Morgan fingerprint density at radius 3 is 1.81 bits per heavy atom. The van der Waals surface area contributed by atoms with E-state index < -0.39 is 0 Å². The quantitative estimate of drug-likeness (QED) is 0.817. The van der Waals surface area contributed by atoms with Crippen molar-refractivity contribution in [2.45, 2.75) is 38.1 Å². The molecular weight excluding hydrogens is 254 g/mol. The molecule has 1 heteroatoms.